The Balaban J connectivity index is 2.00. The summed E-state index contributed by atoms with van der Waals surface area (Å²) in [4.78, 5) is 39.0. The first-order valence-corrected chi connectivity index (χ1v) is 7.64. The second kappa shape index (κ2) is 7.22. The van der Waals surface area contributed by atoms with Crippen LogP contribution < -0.4 is 0 Å². The van der Waals surface area contributed by atoms with Crippen molar-refractivity contribution in [1.82, 2.24) is 0 Å². The van der Waals surface area contributed by atoms with E-state index in [0.717, 1.165) is 10.5 Å². The molecule has 22 heavy (non-hydrogen) atoms. The third-order valence-corrected chi connectivity index (χ3v) is 3.84. The van der Waals surface area contributed by atoms with Gasteiger partial charge in [-0.1, -0.05) is 5.16 Å². The number of oxime groups is 1. The lowest BCUT2D eigenvalue weighted by molar-refractivity contribution is -0.141. The Kier molecular flexibility index (Phi) is 5.32. The van der Waals surface area contributed by atoms with Gasteiger partial charge in [0.15, 0.2) is 0 Å². The maximum absolute atomic E-state index is 12.1. The van der Waals surface area contributed by atoms with Crippen LogP contribution in [-0.4, -0.2) is 35.8 Å². The number of thioether (sulfide) groups is 1. The molecular formula is C15H15NO5S. The molecule has 6 nitrogen and oxygen atoms in total. The number of hydrogen-bond donors (Lipinski definition) is 0. The molecule has 0 heterocycles. The molecule has 0 unspecified atom stereocenters. The van der Waals surface area contributed by atoms with Crippen molar-refractivity contribution in [3.8, 4) is 0 Å². The smallest absolute Gasteiger partial charge is 0.331 e. The van der Waals surface area contributed by atoms with Crippen LogP contribution in [0.2, 0.25) is 0 Å². The number of fused-ring (bicyclic) bond motifs is 1. The SMILES string of the molecule is CC(=O)OCCSc1ccc2c(c1)C/C(=N\OC(C)=O)C2=O. The molecule has 0 fully saturated rings. The standard InChI is InChI=1S/C15H15NO5S/c1-9(17)20-5-6-22-12-3-4-13-11(7-12)8-14(15(13)19)16-21-10(2)18/h3-4,7H,5-6,8H2,1-2H3/b16-14+. The number of esters is 1. The summed E-state index contributed by atoms with van der Waals surface area (Å²) in [6.45, 7) is 2.94. The summed E-state index contributed by atoms with van der Waals surface area (Å²) in [6, 6.07) is 5.48. The molecule has 1 aromatic rings. The van der Waals surface area contributed by atoms with Crippen LogP contribution in [0, 0.1) is 0 Å². The van der Waals surface area contributed by atoms with Crippen LogP contribution in [0.4, 0.5) is 0 Å². The van der Waals surface area contributed by atoms with Crippen molar-refractivity contribution in [2.75, 3.05) is 12.4 Å². The molecule has 0 N–H and O–H groups in total. The quantitative estimate of drug-likeness (QED) is 0.271. The summed E-state index contributed by atoms with van der Waals surface area (Å²) >= 11 is 1.54. The van der Waals surface area contributed by atoms with Crippen LogP contribution in [0.3, 0.4) is 0 Å². The molecule has 1 aromatic carbocycles. The largest absolute Gasteiger partial charge is 0.465 e. The van der Waals surface area contributed by atoms with Crippen LogP contribution in [0.25, 0.3) is 0 Å². The van der Waals surface area contributed by atoms with Gasteiger partial charge in [0.05, 0.1) is 0 Å². The molecule has 0 bridgehead atoms. The van der Waals surface area contributed by atoms with Crippen LogP contribution in [0.1, 0.15) is 29.8 Å². The van der Waals surface area contributed by atoms with Gasteiger partial charge >= 0.3 is 11.9 Å². The van der Waals surface area contributed by atoms with Crippen LogP contribution in [0.5, 0.6) is 0 Å². The van der Waals surface area contributed by atoms with E-state index in [2.05, 4.69) is 9.99 Å². The molecule has 1 aliphatic carbocycles. The van der Waals surface area contributed by atoms with E-state index in [1.807, 2.05) is 12.1 Å². The fourth-order valence-electron chi connectivity index (χ4n) is 1.98. The summed E-state index contributed by atoms with van der Waals surface area (Å²) in [6.07, 6.45) is 0.347. The fourth-order valence-corrected chi connectivity index (χ4v) is 2.77. The van der Waals surface area contributed by atoms with Crippen molar-refractivity contribution < 1.29 is 24.0 Å². The van der Waals surface area contributed by atoms with Crippen molar-refractivity contribution in [2.45, 2.75) is 25.2 Å². The van der Waals surface area contributed by atoms with Gasteiger partial charge in [0.1, 0.15) is 12.3 Å². The number of nitrogens with zero attached hydrogens (tertiary/aromatic N) is 1. The van der Waals surface area contributed by atoms with Gasteiger partial charge in [-0.2, -0.15) is 0 Å². The van der Waals surface area contributed by atoms with Crippen LogP contribution in [0.15, 0.2) is 28.3 Å². The van der Waals surface area contributed by atoms with E-state index in [9.17, 15) is 14.4 Å². The maximum atomic E-state index is 12.1. The zero-order chi connectivity index (χ0) is 16.1. The lowest BCUT2D eigenvalue weighted by Gasteiger charge is -2.04. The Labute approximate surface area is 131 Å². The van der Waals surface area contributed by atoms with Crippen molar-refractivity contribution in [3.63, 3.8) is 0 Å². The lowest BCUT2D eigenvalue weighted by Crippen LogP contribution is -2.09. The summed E-state index contributed by atoms with van der Waals surface area (Å²) < 4.78 is 4.86. The number of Topliss-reactive ketones (excluding diaryl/α,β-unsaturated/α-hetero) is 1. The van der Waals surface area contributed by atoms with E-state index >= 15 is 0 Å². The highest BCUT2D eigenvalue weighted by Crippen LogP contribution is 2.27. The Morgan fingerprint density at radius 1 is 1.27 bits per heavy atom. The van der Waals surface area contributed by atoms with Gasteiger partial charge in [-0.05, 0) is 23.8 Å². The highest BCUT2D eigenvalue weighted by Gasteiger charge is 2.27. The minimum atomic E-state index is -0.557. The molecule has 1 aliphatic rings. The molecule has 0 saturated carbocycles. The zero-order valence-electron chi connectivity index (χ0n) is 12.3. The third-order valence-electron chi connectivity index (χ3n) is 2.88. The predicted molar refractivity (Wildman–Crippen MR) is 81.0 cm³/mol. The Morgan fingerprint density at radius 2 is 2.05 bits per heavy atom. The molecular weight excluding hydrogens is 306 g/mol. The predicted octanol–water partition coefficient (Wildman–Crippen LogP) is 2.00. The molecule has 0 aliphatic heterocycles. The molecule has 7 heteroatoms. The summed E-state index contributed by atoms with van der Waals surface area (Å²) in [5.41, 5.74) is 1.66. The van der Waals surface area contributed by atoms with E-state index in [0.29, 0.717) is 24.3 Å². The van der Waals surface area contributed by atoms with Gasteiger partial charge in [0, 0.05) is 36.5 Å². The second-order valence-electron chi connectivity index (χ2n) is 4.63. The van der Waals surface area contributed by atoms with Gasteiger partial charge in [-0.15, -0.1) is 11.8 Å². The van der Waals surface area contributed by atoms with Crippen LogP contribution in [-0.2, 0) is 25.6 Å². The number of benzene rings is 1. The molecule has 2 rings (SSSR count). The molecule has 0 spiro atoms. The van der Waals surface area contributed by atoms with Crippen LogP contribution >= 0.6 is 11.8 Å². The highest BCUT2D eigenvalue weighted by molar-refractivity contribution is 7.99. The normalized spacial score (nSPS) is 14.8. The molecule has 0 saturated heterocycles. The van der Waals surface area contributed by atoms with E-state index in [1.165, 1.54) is 25.6 Å². The van der Waals surface area contributed by atoms with Gasteiger partial charge in [0.25, 0.3) is 0 Å². The van der Waals surface area contributed by atoms with Crippen molar-refractivity contribution in [3.05, 3.63) is 29.3 Å². The highest BCUT2D eigenvalue weighted by atomic mass is 32.2. The Hall–Kier alpha value is -2.15. The summed E-state index contributed by atoms with van der Waals surface area (Å²) in [7, 11) is 0. The first-order valence-electron chi connectivity index (χ1n) is 6.65. The number of carbonyl (C=O) groups excluding carboxylic acids is 3. The first kappa shape index (κ1) is 16.2. The van der Waals surface area contributed by atoms with Gasteiger partial charge in [-0.25, -0.2) is 4.79 Å². The molecule has 116 valence electrons. The molecule has 0 radical (unpaired) electrons. The lowest BCUT2D eigenvalue weighted by atomic mass is 10.1. The molecule has 0 aromatic heterocycles. The van der Waals surface area contributed by atoms with Crippen molar-refractivity contribution in [1.29, 1.82) is 0 Å². The van der Waals surface area contributed by atoms with E-state index < -0.39 is 5.97 Å². The number of rotatable bonds is 5. The van der Waals surface area contributed by atoms with Crippen molar-refractivity contribution >= 4 is 35.2 Å². The minimum absolute atomic E-state index is 0.215. The average molecular weight is 321 g/mol. The first-order chi connectivity index (χ1) is 10.5. The number of carbonyl (C=O) groups is 3. The minimum Gasteiger partial charge on any atom is -0.465 e. The number of hydrogen-bond acceptors (Lipinski definition) is 7. The second-order valence-corrected chi connectivity index (χ2v) is 5.80. The Morgan fingerprint density at radius 3 is 2.73 bits per heavy atom. The van der Waals surface area contributed by atoms with E-state index in [-0.39, 0.29) is 17.5 Å². The number of ketones is 1. The average Bonchev–Trinajstić information content (AvgIpc) is 2.77. The Bertz CT molecular complexity index is 653. The van der Waals surface area contributed by atoms with Crippen molar-refractivity contribution in [2.24, 2.45) is 5.16 Å². The van der Waals surface area contributed by atoms with Gasteiger partial charge in [-0.3, -0.25) is 9.59 Å². The van der Waals surface area contributed by atoms with E-state index in [1.54, 1.807) is 6.07 Å². The maximum Gasteiger partial charge on any atom is 0.331 e. The van der Waals surface area contributed by atoms with Gasteiger partial charge in [0.2, 0.25) is 5.78 Å². The fraction of sp³-hybridized carbons (Fsp3) is 0.333. The number of ether oxygens (including phenoxy) is 1. The molecule has 0 atom stereocenters. The zero-order valence-corrected chi connectivity index (χ0v) is 13.1. The summed E-state index contributed by atoms with van der Waals surface area (Å²) in [5, 5.41) is 3.60. The summed E-state index contributed by atoms with van der Waals surface area (Å²) in [5.74, 6) is -0.432. The monoisotopic (exact) mass is 321 g/mol. The van der Waals surface area contributed by atoms with E-state index in [4.69, 9.17) is 4.74 Å². The van der Waals surface area contributed by atoms with Gasteiger partial charge < -0.3 is 9.57 Å². The third kappa shape index (κ3) is 4.17. The topological polar surface area (TPSA) is 82.0 Å². The molecule has 0 amide bonds.